The van der Waals surface area contributed by atoms with Gasteiger partial charge < -0.3 is 4.55 Å². The fourth-order valence-corrected chi connectivity index (χ4v) is 3.43. The molecule has 0 atom stereocenters. The normalized spacial score (nSPS) is 11.3. The molecular formula is C14H15KO3S. The fourth-order valence-electron chi connectivity index (χ4n) is 2.40. The minimum atomic E-state index is -4.45. The molecule has 0 radical (unpaired) electrons. The van der Waals surface area contributed by atoms with Gasteiger partial charge in [0.25, 0.3) is 0 Å². The van der Waals surface area contributed by atoms with Crippen LogP contribution in [0, 0.1) is 0 Å². The molecule has 2 rings (SSSR count). The molecule has 5 heteroatoms. The molecule has 0 fully saturated rings. The van der Waals surface area contributed by atoms with Crippen molar-refractivity contribution in [3.63, 3.8) is 0 Å². The van der Waals surface area contributed by atoms with Crippen LogP contribution in [0.1, 0.15) is 25.0 Å². The molecule has 0 spiro atoms. The third-order valence-electron chi connectivity index (χ3n) is 3.18. The molecule has 19 heavy (non-hydrogen) atoms. The maximum absolute atomic E-state index is 11.5. The number of aryl methyl sites for hydroxylation is 1. The Morgan fingerprint density at radius 3 is 2.26 bits per heavy atom. The van der Waals surface area contributed by atoms with Crippen LogP contribution in [0.3, 0.4) is 0 Å². The second-order valence-corrected chi connectivity index (χ2v) is 5.54. The third kappa shape index (κ3) is 3.47. The van der Waals surface area contributed by atoms with Crippen molar-refractivity contribution in [2.75, 3.05) is 0 Å². The maximum Gasteiger partial charge on any atom is 1.00 e. The van der Waals surface area contributed by atoms with Gasteiger partial charge in [-0.15, -0.1) is 0 Å². The van der Waals surface area contributed by atoms with Gasteiger partial charge in [0.15, 0.2) is 0 Å². The average molecular weight is 302 g/mol. The molecule has 0 unspecified atom stereocenters. The second kappa shape index (κ2) is 6.80. The van der Waals surface area contributed by atoms with Gasteiger partial charge in [0.1, 0.15) is 10.1 Å². The zero-order valence-corrected chi connectivity index (χ0v) is 15.4. The van der Waals surface area contributed by atoms with Gasteiger partial charge in [-0.25, -0.2) is 8.42 Å². The summed E-state index contributed by atoms with van der Waals surface area (Å²) in [4.78, 5) is -0.0417. The zero-order chi connectivity index (χ0) is 13.3. The summed E-state index contributed by atoms with van der Waals surface area (Å²) >= 11 is 0. The van der Waals surface area contributed by atoms with Crippen LogP contribution in [0.15, 0.2) is 35.2 Å². The Labute approximate surface area is 156 Å². The molecule has 96 valence electrons. The SMILES string of the molecule is CCc1cc2ccccc2c(S(=O)(=O)[O-])c1CC.[K+]. The molecule has 0 bridgehead atoms. The number of hydrogen-bond acceptors (Lipinski definition) is 3. The van der Waals surface area contributed by atoms with Crippen LogP contribution >= 0.6 is 0 Å². The van der Waals surface area contributed by atoms with E-state index in [9.17, 15) is 13.0 Å². The zero-order valence-electron chi connectivity index (χ0n) is 11.4. The summed E-state index contributed by atoms with van der Waals surface area (Å²) < 4.78 is 34.6. The largest absolute Gasteiger partial charge is 1.00 e. The molecule has 0 saturated carbocycles. The van der Waals surface area contributed by atoms with Crippen molar-refractivity contribution in [1.82, 2.24) is 0 Å². The molecule has 2 aromatic rings. The van der Waals surface area contributed by atoms with E-state index in [1.54, 1.807) is 12.1 Å². The number of hydrogen-bond donors (Lipinski definition) is 0. The van der Waals surface area contributed by atoms with Crippen molar-refractivity contribution in [3.8, 4) is 0 Å². The van der Waals surface area contributed by atoms with Crippen LogP contribution in [0.4, 0.5) is 0 Å². The molecule has 0 saturated heterocycles. The molecule has 0 N–H and O–H groups in total. The summed E-state index contributed by atoms with van der Waals surface area (Å²) in [6.45, 7) is 3.84. The Balaban J connectivity index is 0.00000180. The van der Waals surface area contributed by atoms with Gasteiger partial charge in [0.2, 0.25) is 0 Å². The van der Waals surface area contributed by atoms with Gasteiger partial charge in [0.05, 0.1) is 4.90 Å². The predicted molar refractivity (Wildman–Crippen MR) is 70.7 cm³/mol. The van der Waals surface area contributed by atoms with E-state index in [1.165, 1.54) is 0 Å². The molecule has 0 heterocycles. The van der Waals surface area contributed by atoms with Crippen LogP contribution in [0.25, 0.3) is 10.8 Å². The van der Waals surface area contributed by atoms with Crippen LogP contribution in [0.2, 0.25) is 0 Å². The summed E-state index contributed by atoms with van der Waals surface area (Å²) in [6.07, 6.45) is 1.27. The van der Waals surface area contributed by atoms with E-state index in [-0.39, 0.29) is 56.3 Å². The number of fused-ring (bicyclic) bond motifs is 1. The van der Waals surface area contributed by atoms with Crippen molar-refractivity contribution >= 4 is 20.9 Å². The molecular weight excluding hydrogens is 287 g/mol. The topological polar surface area (TPSA) is 57.2 Å². The Kier molecular flexibility index (Phi) is 6.19. The van der Waals surface area contributed by atoms with Gasteiger partial charge in [-0.2, -0.15) is 0 Å². The Morgan fingerprint density at radius 1 is 1.11 bits per heavy atom. The van der Waals surface area contributed by atoms with Gasteiger partial charge in [0, 0.05) is 0 Å². The maximum atomic E-state index is 11.5. The molecule has 2 aromatic carbocycles. The minimum absolute atomic E-state index is 0. The summed E-state index contributed by atoms with van der Waals surface area (Å²) in [5, 5.41) is 1.34. The molecule has 0 aliphatic carbocycles. The predicted octanol–water partition coefficient (Wildman–Crippen LogP) is -0.127. The van der Waals surface area contributed by atoms with Crippen LogP contribution in [0.5, 0.6) is 0 Å². The standard InChI is InChI=1S/C14H16O3S.K/c1-3-10-9-11-7-5-6-8-13(11)14(12(10)4-2)18(15,16)17;/h5-9H,3-4H2,1-2H3,(H,15,16,17);/q;+1/p-1. The number of benzene rings is 2. The summed E-state index contributed by atoms with van der Waals surface area (Å²) in [5.74, 6) is 0. The van der Waals surface area contributed by atoms with E-state index < -0.39 is 10.1 Å². The van der Waals surface area contributed by atoms with Crippen LogP contribution in [-0.2, 0) is 23.0 Å². The average Bonchev–Trinajstić information content (AvgIpc) is 2.34. The van der Waals surface area contributed by atoms with E-state index in [1.807, 2.05) is 32.0 Å². The summed E-state index contributed by atoms with van der Waals surface area (Å²) in [5.41, 5.74) is 1.59. The monoisotopic (exact) mass is 302 g/mol. The van der Waals surface area contributed by atoms with E-state index in [4.69, 9.17) is 0 Å². The Bertz CT molecular complexity index is 693. The fraction of sp³-hybridized carbons (Fsp3) is 0.286. The van der Waals surface area contributed by atoms with Gasteiger partial charge in [-0.05, 0) is 34.7 Å². The smallest absolute Gasteiger partial charge is 0.744 e. The van der Waals surface area contributed by atoms with E-state index in [2.05, 4.69) is 0 Å². The van der Waals surface area contributed by atoms with Gasteiger partial charge in [-0.3, -0.25) is 0 Å². The van der Waals surface area contributed by atoms with Crippen LogP contribution in [-0.4, -0.2) is 13.0 Å². The quantitative estimate of drug-likeness (QED) is 0.586. The van der Waals surface area contributed by atoms with Crippen molar-refractivity contribution in [3.05, 3.63) is 41.5 Å². The third-order valence-corrected chi connectivity index (χ3v) is 4.15. The van der Waals surface area contributed by atoms with Crippen molar-refractivity contribution in [2.24, 2.45) is 0 Å². The first-order chi connectivity index (χ1) is 8.49. The summed E-state index contributed by atoms with van der Waals surface area (Å²) in [7, 11) is -4.45. The second-order valence-electron chi connectivity index (χ2n) is 4.23. The van der Waals surface area contributed by atoms with Gasteiger partial charge >= 0.3 is 51.4 Å². The first-order valence-corrected chi connectivity index (χ1v) is 7.39. The van der Waals surface area contributed by atoms with Crippen molar-refractivity contribution < 1.29 is 64.4 Å². The Hall–Kier alpha value is 0.246. The van der Waals surface area contributed by atoms with Gasteiger partial charge in [-0.1, -0.05) is 44.2 Å². The number of rotatable bonds is 3. The van der Waals surface area contributed by atoms with E-state index >= 15 is 0 Å². The molecule has 3 nitrogen and oxygen atoms in total. The molecule has 0 aliphatic rings. The molecule has 0 amide bonds. The Morgan fingerprint density at radius 2 is 1.74 bits per heavy atom. The first kappa shape index (κ1) is 17.3. The molecule has 0 aliphatic heterocycles. The van der Waals surface area contributed by atoms with Crippen molar-refractivity contribution in [2.45, 2.75) is 31.6 Å². The van der Waals surface area contributed by atoms with Crippen LogP contribution < -0.4 is 51.4 Å². The first-order valence-electron chi connectivity index (χ1n) is 5.98. The summed E-state index contributed by atoms with van der Waals surface area (Å²) in [6, 6.07) is 9.10. The minimum Gasteiger partial charge on any atom is -0.744 e. The van der Waals surface area contributed by atoms with E-state index in [0.29, 0.717) is 17.4 Å². The molecule has 0 aromatic heterocycles. The van der Waals surface area contributed by atoms with Crippen molar-refractivity contribution in [1.29, 1.82) is 0 Å². The van der Waals surface area contributed by atoms with E-state index in [0.717, 1.165) is 17.4 Å².